The van der Waals surface area contributed by atoms with E-state index in [4.69, 9.17) is 5.11 Å². The van der Waals surface area contributed by atoms with Crippen LogP contribution < -0.4 is 0 Å². The zero-order valence-electron chi connectivity index (χ0n) is 8.92. The molecule has 0 saturated heterocycles. The molecule has 2 unspecified atom stereocenters. The second-order valence-electron chi connectivity index (χ2n) is 3.46. The number of aromatic hydroxyl groups is 1. The largest absolute Gasteiger partial charge is 0.508 e. The van der Waals surface area contributed by atoms with Gasteiger partial charge in [-0.3, -0.25) is 4.79 Å². The minimum atomic E-state index is -1.93. The van der Waals surface area contributed by atoms with Crippen molar-refractivity contribution >= 4 is 27.7 Å². The van der Waals surface area contributed by atoms with E-state index in [2.05, 4.69) is 15.9 Å². The Bertz CT molecular complexity index is 455. The zero-order valence-corrected chi connectivity index (χ0v) is 10.5. The number of phenolic OH excluding ortho intramolecular Hbond substituents is 1. The highest BCUT2D eigenvalue weighted by molar-refractivity contribution is 9.10. The lowest BCUT2D eigenvalue weighted by Crippen LogP contribution is -2.18. The highest BCUT2D eigenvalue weighted by atomic mass is 79.9. The quantitative estimate of drug-likeness (QED) is 0.578. The van der Waals surface area contributed by atoms with Gasteiger partial charge in [0.2, 0.25) is 0 Å². The van der Waals surface area contributed by atoms with Gasteiger partial charge >= 0.3 is 5.97 Å². The molecule has 1 aromatic rings. The van der Waals surface area contributed by atoms with E-state index in [1.807, 2.05) is 0 Å². The van der Waals surface area contributed by atoms with Gasteiger partial charge in [0.25, 0.3) is 0 Å². The number of hydrogen-bond donors (Lipinski definition) is 3. The minimum Gasteiger partial charge on any atom is -0.508 e. The van der Waals surface area contributed by atoms with Crippen molar-refractivity contribution in [3.8, 4) is 5.75 Å². The van der Waals surface area contributed by atoms with Gasteiger partial charge in [-0.15, -0.1) is 0 Å². The lowest BCUT2D eigenvalue weighted by atomic mass is 9.97. The summed E-state index contributed by atoms with van der Waals surface area (Å²) >= 11 is 3.06. The average Bonchev–Trinajstić information content (AvgIpc) is 2.26. The maximum Gasteiger partial charge on any atom is 0.337 e. The van der Waals surface area contributed by atoms with Gasteiger partial charge < -0.3 is 15.3 Å². The molecule has 3 N–H and O–H groups in total. The molecule has 0 fully saturated rings. The third-order valence-electron chi connectivity index (χ3n) is 2.22. The molecule has 5 nitrogen and oxygen atoms in total. The molecular formula is C11H11BrO5. The molecule has 0 saturated carbocycles. The summed E-state index contributed by atoms with van der Waals surface area (Å²) in [5.41, 5.74) is -0.291. The number of aliphatic hydroxyl groups excluding tert-OH is 1. The number of hydrogen-bond acceptors (Lipinski definition) is 4. The number of carboxylic acid groups (broad SMARTS) is 1. The maximum atomic E-state index is 11.8. The number of rotatable bonds is 4. The molecule has 92 valence electrons. The van der Waals surface area contributed by atoms with Gasteiger partial charge in [0.05, 0.1) is 4.83 Å². The van der Waals surface area contributed by atoms with Gasteiger partial charge in [0, 0.05) is 11.1 Å². The van der Waals surface area contributed by atoms with Crippen LogP contribution in [0, 0.1) is 0 Å². The van der Waals surface area contributed by atoms with Crippen molar-refractivity contribution in [1.82, 2.24) is 0 Å². The third kappa shape index (κ3) is 2.83. The van der Waals surface area contributed by atoms with E-state index in [0.29, 0.717) is 0 Å². The minimum absolute atomic E-state index is 0.00993. The number of aliphatic hydroxyl groups is 1. The summed E-state index contributed by atoms with van der Waals surface area (Å²) in [5, 5.41) is 27.7. The molecule has 0 aromatic heterocycles. The average molecular weight is 303 g/mol. The van der Waals surface area contributed by atoms with Crippen molar-refractivity contribution < 1.29 is 24.9 Å². The number of benzene rings is 1. The summed E-state index contributed by atoms with van der Waals surface area (Å²) in [6, 6.07) is 3.99. The molecule has 0 spiro atoms. The first-order valence-electron chi connectivity index (χ1n) is 4.77. The highest BCUT2D eigenvalue weighted by Gasteiger charge is 2.27. The number of phenols is 1. The first-order chi connectivity index (χ1) is 7.86. The molecule has 0 aliphatic heterocycles. The topological polar surface area (TPSA) is 94.8 Å². The Hall–Kier alpha value is -1.40. The highest BCUT2D eigenvalue weighted by Crippen LogP contribution is 2.29. The normalized spacial score (nSPS) is 14.1. The van der Waals surface area contributed by atoms with Gasteiger partial charge in [-0.05, 0) is 13.0 Å². The Labute approximate surface area is 106 Å². The van der Waals surface area contributed by atoms with Crippen molar-refractivity contribution in [2.75, 3.05) is 0 Å². The second-order valence-corrected chi connectivity index (χ2v) is 4.83. The second kappa shape index (κ2) is 5.29. The Morgan fingerprint density at radius 1 is 1.35 bits per heavy atom. The van der Waals surface area contributed by atoms with Crippen LogP contribution in [0.2, 0.25) is 0 Å². The van der Waals surface area contributed by atoms with Crippen LogP contribution in [0.1, 0.15) is 28.9 Å². The number of alkyl halides is 1. The van der Waals surface area contributed by atoms with Crippen molar-refractivity contribution in [1.29, 1.82) is 0 Å². The lowest BCUT2D eigenvalue weighted by molar-refractivity contribution is -0.147. The van der Waals surface area contributed by atoms with Crippen molar-refractivity contribution in [3.05, 3.63) is 29.3 Å². The smallest absolute Gasteiger partial charge is 0.337 e. The summed E-state index contributed by atoms with van der Waals surface area (Å²) in [7, 11) is 0. The van der Waals surface area contributed by atoms with Crippen LogP contribution in [-0.4, -0.2) is 31.9 Å². The number of carbonyl (C=O) groups is 2. The molecule has 1 aromatic carbocycles. The molecule has 6 heteroatoms. The van der Waals surface area contributed by atoms with Gasteiger partial charge in [-0.2, -0.15) is 0 Å². The van der Waals surface area contributed by atoms with E-state index in [1.54, 1.807) is 6.92 Å². The number of ketones is 1. The van der Waals surface area contributed by atoms with E-state index >= 15 is 0 Å². The molecule has 17 heavy (non-hydrogen) atoms. The fraction of sp³-hybridized carbons (Fsp3) is 0.273. The Balaban J connectivity index is 3.36. The van der Waals surface area contributed by atoms with Crippen LogP contribution >= 0.6 is 15.9 Å². The molecule has 0 radical (unpaired) electrons. The Kier molecular flexibility index (Phi) is 4.25. The summed E-state index contributed by atoms with van der Waals surface area (Å²) in [5.74, 6) is -2.35. The summed E-state index contributed by atoms with van der Waals surface area (Å²) in [4.78, 5) is 22.0. The number of halogens is 1. The lowest BCUT2D eigenvalue weighted by Gasteiger charge is -2.14. The molecule has 1 rings (SSSR count). The number of Topliss-reactive ketones (excluding diaryl/α,β-unsaturated/α-hetero) is 1. The summed E-state index contributed by atoms with van der Waals surface area (Å²) in [6.07, 6.45) is -1.93. The fourth-order valence-corrected chi connectivity index (χ4v) is 1.64. The predicted molar refractivity (Wildman–Crippen MR) is 63.4 cm³/mol. The Morgan fingerprint density at radius 2 is 1.94 bits per heavy atom. The molecule has 0 aliphatic rings. The van der Waals surface area contributed by atoms with Crippen LogP contribution in [0.5, 0.6) is 5.75 Å². The standard InChI is InChI=1S/C11H11BrO5/c1-5(12)9(14)6-3-2-4-7(13)8(6)10(15)11(16)17/h2-5,10,13,15H,1H3,(H,16,17). The number of carboxylic acids is 1. The van der Waals surface area contributed by atoms with Gasteiger partial charge in [-0.1, -0.05) is 28.1 Å². The zero-order chi connectivity index (χ0) is 13.2. The number of carbonyl (C=O) groups excluding carboxylic acids is 1. The van der Waals surface area contributed by atoms with E-state index in [9.17, 15) is 19.8 Å². The van der Waals surface area contributed by atoms with E-state index in [1.165, 1.54) is 18.2 Å². The van der Waals surface area contributed by atoms with Gasteiger partial charge in [0.1, 0.15) is 5.75 Å². The fourth-order valence-electron chi connectivity index (χ4n) is 1.39. The van der Waals surface area contributed by atoms with Crippen molar-refractivity contribution in [2.24, 2.45) is 0 Å². The molecule has 0 bridgehead atoms. The molecule has 2 atom stereocenters. The molecule has 0 aliphatic carbocycles. The first kappa shape index (κ1) is 13.7. The van der Waals surface area contributed by atoms with Crippen molar-refractivity contribution in [2.45, 2.75) is 17.9 Å². The predicted octanol–water partition coefficient (Wildman–Crippen LogP) is 1.48. The van der Waals surface area contributed by atoms with Gasteiger partial charge in [0.15, 0.2) is 11.9 Å². The third-order valence-corrected chi connectivity index (χ3v) is 2.63. The van der Waals surface area contributed by atoms with Crippen LogP contribution in [0.15, 0.2) is 18.2 Å². The van der Waals surface area contributed by atoms with Crippen LogP contribution in [0.25, 0.3) is 0 Å². The summed E-state index contributed by atoms with van der Waals surface area (Å²) in [6.45, 7) is 1.57. The van der Waals surface area contributed by atoms with E-state index in [-0.39, 0.29) is 11.1 Å². The Morgan fingerprint density at radius 3 is 2.41 bits per heavy atom. The number of aliphatic carboxylic acids is 1. The molecule has 0 heterocycles. The van der Waals surface area contributed by atoms with E-state index in [0.717, 1.165) is 0 Å². The van der Waals surface area contributed by atoms with E-state index < -0.39 is 28.4 Å². The monoisotopic (exact) mass is 302 g/mol. The van der Waals surface area contributed by atoms with Crippen LogP contribution in [0.4, 0.5) is 0 Å². The van der Waals surface area contributed by atoms with Gasteiger partial charge in [-0.25, -0.2) is 4.79 Å². The molecule has 0 amide bonds. The van der Waals surface area contributed by atoms with Crippen LogP contribution in [0.3, 0.4) is 0 Å². The molecular weight excluding hydrogens is 292 g/mol. The summed E-state index contributed by atoms with van der Waals surface area (Å²) < 4.78 is 0. The van der Waals surface area contributed by atoms with Crippen LogP contribution in [-0.2, 0) is 4.79 Å². The maximum absolute atomic E-state index is 11.8. The SMILES string of the molecule is CC(Br)C(=O)c1cccc(O)c1C(O)C(=O)O. The first-order valence-corrected chi connectivity index (χ1v) is 5.68. The van der Waals surface area contributed by atoms with Crippen molar-refractivity contribution in [3.63, 3.8) is 0 Å².